The van der Waals surface area contributed by atoms with Gasteiger partial charge in [-0.15, -0.1) is 0 Å². The summed E-state index contributed by atoms with van der Waals surface area (Å²) in [6.45, 7) is 4.10. The number of likely N-dealkylation sites (tertiary alicyclic amines) is 1. The number of fused-ring (bicyclic) bond motifs is 1. The number of aryl methyl sites for hydroxylation is 2. The average molecular weight is 588 g/mol. The molecule has 3 aliphatic rings. The van der Waals surface area contributed by atoms with E-state index in [1.165, 1.54) is 17.5 Å². The number of rotatable bonds is 7. The van der Waals surface area contributed by atoms with E-state index in [2.05, 4.69) is 16.3 Å². The van der Waals surface area contributed by atoms with E-state index in [9.17, 15) is 13.2 Å². The number of hydrogen-bond acceptors (Lipinski definition) is 5. The molecule has 2 aliphatic heterocycles. The molecule has 8 heteroatoms. The molecule has 0 aromatic heterocycles. The van der Waals surface area contributed by atoms with Crippen LogP contribution in [0.15, 0.2) is 77.7 Å². The molecule has 2 saturated heterocycles. The Morgan fingerprint density at radius 1 is 0.952 bits per heavy atom. The highest BCUT2D eigenvalue weighted by atomic mass is 32.2. The van der Waals surface area contributed by atoms with Crippen LogP contribution in [0.25, 0.3) is 0 Å². The summed E-state index contributed by atoms with van der Waals surface area (Å²) in [6.07, 6.45) is 6.60. The first kappa shape index (κ1) is 29.1. The summed E-state index contributed by atoms with van der Waals surface area (Å²) in [5.41, 5.74) is 4.98. The Morgan fingerprint density at radius 3 is 2.55 bits per heavy atom. The molecule has 2 fully saturated rings. The van der Waals surface area contributed by atoms with Gasteiger partial charge in [0.2, 0.25) is 15.9 Å². The Bertz CT molecular complexity index is 1510. The predicted molar refractivity (Wildman–Crippen MR) is 165 cm³/mol. The maximum absolute atomic E-state index is 14.1. The largest absolute Gasteiger partial charge is 0.371 e. The zero-order chi connectivity index (χ0) is 29.2. The standard InChI is InChI=1S/C34H41N3O4S/c1-26-15-17-30(18-16-26)42(39,40)37-25-34(41-23-29(37)21-27-9-3-2-4-10-27)19-8-20-36(24-34)22-33(38)35-32-14-7-12-28-11-5-6-13-31(28)32/h2-4,7,9-10,12,14-18,29H,5-6,8,11,13,19-25H2,1H3,(H,35,38)/t29-,34?/m0/s1. The van der Waals surface area contributed by atoms with Crippen molar-refractivity contribution in [1.82, 2.24) is 9.21 Å². The van der Waals surface area contributed by atoms with Crippen LogP contribution in [-0.2, 0) is 38.8 Å². The third-order valence-corrected chi connectivity index (χ3v) is 10.9. The van der Waals surface area contributed by atoms with Gasteiger partial charge in [0.05, 0.1) is 29.7 Å². The van der Waals surface area contributed by atoms with Crippen LogP contribution in [0, 0.1) is 6.92 Å². The number of hydrogen-bond donors (Lipinski definition) is 1. The van der Waals surface area contributed by atoms with Crippen molar-refractivity contribution in [3.8, 4) is 0 Å². The van der Waals surface area contributed by atoms with Crippen LogP contribution in [-0.4, -0.2) is 68.0 Å². The maximum atomic E-state index is 14.1. The number of ether oxygens (including phenoxy) is 1. The van der Waals surface area contributed by atoms with Crippen molar-refractivity contribution in [1.29, 1.82) is 0 Å². The molecule has 0 saturated carbocycles. The fraction of sp³-hybridized carbons (Fsp3) is 0.441. The molecular formula is C34H41N3O4S. The Labute approximate surface area is 249 Å². The number of benzene rings is 3. The van der Waals surface area contributed by atoms with Gasteiger partial charge in [0.1, 0.15) is 0 Å². The molecule has 7 nitrogen and oxygen atoms in total. The van der Waals surface area contributed by atoms with Gasteiger partial charge in [-0.3, -0.25) is 9.69 Å². The predicted octanol–water partition coefficient (Wildman–Crippen LogP) is 4.98. The SMILES string of the molecule is Cc1ccc(S(=O)(=O)N2CC3(CCCN(CC(=O)Nc4cccc5c4CCCC5)C3)OC[C@@H]2Cc2ccccc2)cc1. The second-order valence-corrected chi connectivity index (χ2v) is 14.1. The Hall–Kier alpha value is -3.04. The smallest absolute Gasteiger partial charge is 0.243 e. The number of carbonyl (C=O) groups excluding carboxylic acids is 1. The molecule has 42 heavy (non-hydrogen) atoms. The molecule has 6 rings (SSSR count). The van der Waals surface area contributed by atoms with Crippen molar-refractivity contribution in [3.05, 3.63) is 95.1 Å². The Kier molecular flexibility index (Phi) is 8.50. The quantitative estimate of drug-likeness (QED) is 0.422. The molecule has 3 aromatic rings. The lowest BCUT2D eigenvalue weighted by atomic mass is 9.89. The number of sulfonamides is 1. The zero-order valence-corrected chi connectivity index (χ0v) is 25.2. The van der Waals surface area contributed by atoms with Crippen LogP contribution >= 0.6 is 0 Å². The number of carbonyl (C=O) groups is 1. The van der Waals surface area contributed by atoms with Gasteiger partial charge in [0.25, 0.3) is 0 Å². The van der Waals surface area contributed by atoms with Gasteiger partial charge in [-0.05, 0) is 93.3 Å². The number of morpholine rings is 1. The van der Waals surface area contributed by atoms with Gasteiger partial charge in [0, 0.05) is 18.8 Å². The van der Waals surface area contributed by atoms with E-state index in [-0.39, 0.29) is 25.0 Å². The van der Waals surface area contributed by atoms with Crippen molar-refractivity contribution in [2.75, 3.05) is 38.1 Å². The van der Waals surface area contributed by atoms with E-state index >= 15 is 0 Å². The highest BCUT2D eigenvalue weighted by Gasteiger charge is 2.47. The molecule has 0 radical (unpaired) electrons. The lowest BCUT2D eigenvalue weighted by Gasteiger charge is -2.50. The molecule has 1 N–H and O–H groups in total. The van der Waals surface area contributed by atoms with E-state index in [1.807, 2.05) is 61.5 Å². The summed E-state index contributed by atoms with van der Waals surface area (Å²) >= 11 is 0. The first-order valence-corrected chi connectivity index (χ1v) is 16.6. The van der Waals surface area contributed by atoms with Gasteiger partial charge in [0.15, 0.2) is 0 Å². The minimum Gasteiger partial charge on any atom is -0.371 e. The molecule has 1 unspecified atom stereocenters. The van der Waals surface area contributed by atoms with Crippen LogP contribution in [0.3, 0.4) is 0 Å². The van der Waals surface area contributed by atoms with E-state index in [0.29, 0.717) is 24.5 Å². The fourth-order valence-corrected chi connectivity index (χ4v) is 8.54. The highest BCUT2D eigenvalue weighted by molar-refractivity contribution is 7.89. The summed E-state index contributed by atoms with van der Waals surface area (Å²) in [7, 11) is -3.76. The lowest BCUT2D eigenvalue weighted by molar-refractivity contribution is -0.144. The van der Waals surface area contributed by atoms with Crippen molar-refractivity contribution in [2.45, 2.75) is 68.4 Å². The Morgan fingerprint density at radius 2 is 1.74 bits per heavy atom. The first-order valence-electron chi connectivity index (χ1n) is 15.2. The fourth-order valence-electron chi connectivity index (χ4n) is 6.85. The number of nitrogens with one attached hydrogen (secondary N) is 1. The number of amides is 1. The van der Waals surface area contributed by atoms with Crippen molar-refractivity contribution in [2.24, 2.45) is 0 Å². The topological polar surface area (TPSA) is 79.0 Å². The van der Waals surface area contributed by atoms with E-state index in [0.717, 1.165) is 55.5 Å². The van der Waals surface area contributed by atoms with Crippen LogP contribution in [0.1, 0.15) is 47.9 Å². The molecule has 222 valence electrons. The van der Waals surface area contributed by atoms with Crippen molar-refractivity contribution < 1.29 is 17.9 Å². The summed E-state index contributed by atoms with van der Waals surface area (Å²) in [5.74, 6) is -0.0343. The third kappa shape index (κ3) is 6.32. The zero-order valence-electron chi connectivity index (χ0n) is 24.4. The minimum absolute atomic E-state index is 0.0343. The molecule has 3 aromatic carbocycles. The van der Waals surface area contributed by atoms with Crippen molar-refractivity contribution in [3.63, 3.8) is 0 Å². The molecular weight excluding hydrogens is 546 g/mol. The maximum Gasteiger partial charge on any atom is 0.243 e. The monoisotopic (exact) mass is 587 g/mol. The van der Waals surface area contributed by atoms with Gasteiger partial charge >= 0.3 is 0 Å². The summed E-state index contributed by atoms with van der Waals surface area (Å²) < 4.78 is 36.5. The van der Waals surface area contributed by atoms with Gasteiger partial charge in [-0.25, -0.2) is 8.42 Å². The summed E-state index contributed by atoms with van der Waals surface area (Å²) in [6, 6.07) is 23.0. The minimum atomic E-state index is -3.76. The van der Waals surface area contributed by atoms with Gasteiger partial charge < -0.3 is 10.1 Å². The molecule has 0 bridgehead atoms. The molecule has 1 aliphatic carbocycles. The normalized spacial score (nSPS) is 23.4. The third-order valence-electron chi connectivity index (χ3n) is 9.03. The number of piperidine rings is 1. The summed E-state index contributed by atoms with van der Waals surface area (Å²) in [4.78, 5) is 15.7. The Balaban J connectivity index is 1.19. The van der Waals surface area contributed by atoms with Crippen LogP contribution in [0.2, 0.25) is 0 Å². The van der Waals surface area contributed by atoms with E-state index in [1.54, 1.807) is 16.4 Å². The summed E-state index contributed by atoms with van der Waals surface area (Å²) in [5, 5.41) is 3.17. The van der Waals surface area contributed by atoms with Crippen molar-refractivity contribution >= 4 is 21.6 Å². The van der Waals surface area contributed by atoms with Crippen LogP contribution in [0.4, 0.5) is 5.69 Å². The molecule has 1 spiro atoms. The van der Waals surface area contributed by atoms with Crippen LogP contribution in [0.5, 0.6) is 0 Å². The van der Waals surface area contributed by atoms with Gasteiger partial charge in [-0.2, -0.15) is 4.31 Å². The van der Waals surface area contributed by atoms with E-state index in [4.69, 9.17) is 4.74 Å². The number of anilines is 1. The number of nitrogens with zero attached hydrogens (tertiary/aromatic N) is 2. The van der Waals surface area contributed by atoms with Gasteiger partial charge in [-0.1, -0.05) is 60.2 Å². The first-order chi connectivity index (χ1) is 20.3. The van der Waals surface area contributed by atoms with Crippen LogP contribution < -0.4 is 5.32 Å². The lowest BCUT2D eigenvalue weighted by Crippen LogP contribution is -2.64. The second-order valence-electron chi connectivity index (χ2n) is 12.2. The molecule has 1 amide bonds. The second kappa shape index (κ2) is 12.3. The highest BCUT2D eigenvalue weighted by Crippen LogP contribution is 2.35. The van der Waals surface area contributed by atoms with E-state index < -0.39 is 15.6 Å². The molecule has 2 heterocycles. The molecule has 2 atom stereocenters. The average Bonchev–Trinajstić information content (AvgIpc) is 2.99.